The highest BCUT2D eigenvalue weighted by Gasteiger charge is 2.27. The van der Waals surface area contributed by atoms with E-state index in [9.17, 15) is 13.2 Å². The minimum absolute atomic E-state index is 0.0215. The van der Waals surface area contributed by atoms with Crippen LogP contribution in [-0.4, -0.2) is 42.2 Å². The number of rotatable bonds is 5. The molecular formula is C17H19N3O3S. The molecule has 0 spiro atoms. The van der Waals surface area contributed by atoms with Gasteiger partial charge in [0.05, 0.1) is 23.4 Å². The molecule has 1 saturated heterocycles. The van der Waals surface area contributed by atoms with E-state index in [0.29, 0.717) is 13.0 Å². The van der Waals surface area contributed by atoms with E-state index in [2.05, 4.69) is 10.4 Å². The van der Waals surface area contributed by atoms with Crippen molar-refractivity contribution in [3.8, 4) is 5.69 Å². The summed E-state index contributed by atoms with van der Waals surface area (Å²) >= 11 is 0. The van der Waals surface area contributed by atoms with Gasteiger partial charge in [-0.15, -0.1) is 0 Å². The molecule has 0 saturated carbocycles. The highest BCUT2D eigenvalue weighted by Crippen LogP contribution is 2.17. The third-order valence-corrected chi connectivity index (χ3v) is 5.78. The molecule has 1 aliphatic rings. The summed E-state index contributed by atoms with van der Waals surface area (Å²) in [6, 6.07) is 9.70. The summed E-state index contributed by atoms with van der Waals surface area (Å²) in [6.07, 6.45) is 7.27. The summed E-state index contributed by atoms with van der Waals surface area (Å²) in [7, 11) is -2.90. The van der Waals surface area contributed by atoms with E-state index in [1.54, 1.807) is 17.0 Å². The van der Waals surface area contributed by atoms with Crippen molar-refractivity contribution in [2.75, 3.05) is 18.1 Å². The zero-order valence-electron chi connectivity index (χ0n) is 13.1. The van der Waals surface area contributed by atoms with Gasteiger partial charge in [0, 0.05) is 24.4 Å². The van der Waals surface area contributed by atoms with Crippen molar-refractivity contribution in [2.45, 2.75) is 6.42 Å². The first kappa shape index (κ1) is 16.4. The van der Waals surface area contributed by atoms with Crippen LogP contribution in [0, 0.1) is 5.92 Å². The van der Waals surface area contributed by atoms with Crippen LogP contribution in [0.2, 0.25) is 0 Å². The topological polar surface area (TPSA) is 81.1 Å². The molecule has 0 aliphatic carbocycles. The van der Waals surface area contributed by atoms with Crippen LogP contribution in [0.25, 0.3) is 11.8 Å². The van der Waals surface area contributed by atoms with Crippen LogP contribution >= 0.6 is 0 Å². The van der Waals surface area contributed by atoms with Gasteiger partial charge >= 0.3 is 0 Å². The number of benzene rings is 1. The first-order valence-electron chi connectivity index (χ1n) is 7.78. The number of hydrogen-bond donors (Lipinski definition) is 1. The summed E-state index contributed by atoms with van der Waals surface area (Å²) in [6.45, 7) is 0.395. The molecule has 24 heavy (non-hydrogen) atoms. The molecule has 1 N–H and O–H groups in total. The molecule has 1 aliphatic heterocycles. The molecule has 2 aromatic rings. The maximum Gasteiger partial charge on any atom is 0.244 e. The number of carbonyl (C=O) groups excluding carboxylic acids is 1. The second-order valence-corrected chi connectivity index (χ2v) is 8.13. The molecule has 0 radical (unpaired) electrons. The van der Waals surface area contributed by atoms with Crippen LogP contribution in [0.3, 0.4) is 0 Å². The molecule has 1 atom stereocenters. The molecule has 0 bridgehead atoms. The highest BCUT2D eigenvalue weighted by atomic mass is 32.2. The lowest BCUT2D eigenvalue weighted by Gasteiger charge is -2.07. The Bertz CT molecular complexity index is 841. The van der Waals surface area contributed by atoms with Crippen molar-refractivity contribution in [2.24, 2.45) is 5.92 Å². The quantitative estimate of drug-likeness (QED) is 0.832. The summed E-state index contributed by atoms with van der Waals surface area (Å²) in [5.74, 6) is 0.183. The molecule has 1 aromatic carbocycles. The molecule has 1 fully saturated rings. The number of amides is 1. The van der Waals surface area contributed by atoms with E-state index in [0.717, 1.165) is 11.3 Å². The Labute approximate surface area is 141 Å². The van der Waals surface area contributed by atoms with Gasteiger partial charge in [-0.2, -0.15) is 5.10 Å². The average Bonchev–Trinajstić information content (AvgIpc) is 3.18. The van der Waals surface area contributed by atoms with Gasteiger partial charge in [-0.3, -0.25) is 4.79 Å². The number of hydrogen-bond acceptors (Lipinski definition) is 4. The summed E-state index contributed by atoms with van der Waals surface area (Å²) in [4.78, 5) is 11.8. The van der Waals surface area contributed by atoms with Crippen LogP contribution in [0.1, 0.15) is 12.0 Å². The molecule has 1 aromatic heterocycles. The van der Waals surface area contributed by atoms with Gasteiger partial charge in [0.15, 0.2) is 9.84 Å². The number of nitrogens with zero attached hydrogens (tertiary/aromatic N) is 2. The molecule has 7 heteroatoms. The smallest absolute Gasteiger partial charge is 0.244 e. The average molecular weight is 345 g/mol. The first-order valence-corrected chi connectivity index (χ1v) is 9.60. The standard InChI is InChI=1S/C17H19N3O3S/c21-17(18-10-15-8-9-24(22,23)13-15)7-6-14-11-19-20(12-14)16-4-2-1-3-5-16/h1-7,11-12,15H,8-10,13H2,(H,18,21)/b7-6-/t15-/m0/s1. The Morgan fingerprint density at radius 2 is 2.12 bits per heavy atom. The minimum atomic E-state index is -2.90. The van der Waals surface area contributed by atoms with E-state index in [-0.39, 0.29) is 23.3 Å². The maximum atomic E-state index is 11.8. The molecule has 126 valence electrons. The van der Waals surface area contributed by atoms with Gasteiger partial charge < -0.3 is 5.32 Å². The van der Waals surface area contributed by atoms with Gasteiger partial charge in [0.25, 0.3) is 0 Å². The van der Waals surface area contributed by atoms with Crippen molar-refractivity contribution >= 4 is 21.8 Å². The van der Waals surface area contributed by atoms with Gasteiger partial charge in [-0.25, -0.2) is 13.1 Å². The zero-order chi connectivity index (χ0) is 17.0. The summed E-state index contributed by atoms with van der Waals surface area (Å²) in [5.41, 5.74) is 1.77. The molecule has 0 unspecified atom stereocenters. The zero-order valence-corrected chi connectivity index (χ0v) is 13.9. The predicted molar refractivity (Wildman–Crippen MR) is 92.4 cm³/mol. The van der Waals surface area contributed by atoms with Gasteiger partial charge in [-0.05, 0) is 30.5 Å². The summed E-state index contributed by atoms with van der Waals surface area (Å²) < 4.78 is 24.5. The molecule has 6 nitrogen and oxygen atoms in total. The Hall–Kier alpha value is -2.41. The van der Waals surface area contributed by atoms with Crippen LogP contribution < -0.4 is 5.32 Å². The Balaban J connectivity index is 1.52. The predicted octanol–water partition coefficient (Wildman–Crippen LogP) is 1.44. The van der Waals surface area contributed by atoms with E-state index < -0.39 is 9.84 Å². The fourth-order valence-corrected chi connectivity index (χ4v) is 4.52. The van der Waals surface area contributed by atoms with Crippen molar-refractivity contribution in [1.29, 1.82) is 0 Å². The summed E-state index contributed by atoms with van der Waals surface area (Å²) in [5, 5.41) is 7.01. The normalized spacial score (nSPS) is 19.6. The number of carbonyl (C=O) groups is 1. The molecule has 2 heterocycles. The van der Waals surface area contributed by atoms with Crippen LogP contribution in [0.15, 0.2) is 48.8 Å². The maximum absolute atomic E-state index is 11.8. The fourth-order valence-electron chi connectivity index (χ4n) is 2.65. The number of aromatic nitrogens is 2. The van der Waals surface area contributed by atoms with Crippen molar-refractivity contribution in [3.05, 3.63) is 54.4 Å². The van der Waals surface area contributed by atoms with Crippen LogP contribution in [-0.2, 0) is 14.6 Å². The van der Waals surface area contributed by atoms with Crippen molar-refractivity contribution in [3.63, 3.8) is 0 Å². The molecular weight excluding hydrogens is 326 g/mol. The minimum Gasteiger partial charge on any atom is -0.352 e. The number of nitrogens with one attached hydrogen (secondary N) is 1. The van der Waals surface area contributed by atoms with Gasteiger partial charge in [0.2, 0.25) is 5.91 Å². The number of sulfone groups is 1. The Kier molecular flexibility index (Phi) is 4.80. The Morgan fingerprint density at radius 3 is 2.83 bits per heavy atom. The second-order valence-electron chi connectivity index (χ2n) is 5.90. The van der Waals surface area contributed by atoms with Crippen molar-refractivity contribution < 1.29 is 13.2 Å². The van der Waals surface area contributed by atoms with Gasteiger partial charge in [0.1, 0.15) is 0 Å². The lowest BCUT2D eigenvalue weighted by Crippen LogP contribution is -2.28. The van der Waals surface area contributed by atoms with E-state index in [4.69, 9.17) is 0 Å². The lowest BCUT2D eigenvalue weighted by molar-refractivity contribution is -0.116. The lowest BCUT2D eigenvalue weighted by atomic mass is 10.1. The number of para-hydroxylation sites is 1. The van der Waals surface area contributed by atoms with Gasteiger partial charge in [-0.1, -0.05) is 18.2 Å². The second kappa shape index (κ2) is 7.00. The molecule has 3 rings (SSSR count). The molecule has 1 amide bonds. The van der Waals surface area contributed by atoms with Crippen LogP contribution in [0.5, 0.6) is 0 Å². The largest absolute Gasteiger partial charge is 0.352 e. The third kappa shape index (κ3) is 4.32. The highest BCUT2D eigenvalue weighted by molar-refractivity contribution is 7.91. The third-order valence-electron chi connectivity index (χ3n) is 3.94. The SMILES string of the molecule is O=C(/C=C\c1cnn(-c2ccccc2)c1)NC[C@@H]1CCS(=O)(=O)C1. The van der Waals surface area contributed by atoms with Crippen molar-refractivity contribution in [1.82, 2.24) is 15.1 Å². The first-order chi connectivity index (χ1) is 11.5. The van der Waals surface area contributed by atoms with E-state index in [1.165, 1.54) is 6.08 Å². The van der Waals surface area contributed by atoms with E-state index >= 15 is 0 Å². The monoisotopic (exact) mass is 345 g/mol. The fraction of sp³-hybridized carbons (Fsp3) is 0.294. The Morgan fingerprint density at radius 1 is 1.33 bits per heavy atom. The van der Waals surface area contributed by atoms with Crippen LogP contribution in [0.4, 0.5) is 0 Å². The van der Waals surface area contributed by atoms with E-state index in [1.807, 2.05) is 36.5 Å².